The van der Waals surface area contributed by atoms with E-state index in [-0.39, 0.29) is 6.61 Å². The largest absolute Gasteiger partial charge is 0.456 e. The Kier molecular flexibility index (Phi) is 8.15. The molecule has 8 heteroatoms. The molecule has 0 radical (unpaired) electrons. The van der Waals surface area contributed by atoms with Gasteiger partial charge in [0.25, 0.3) is 0 Å². The second-order valence-electron chi connectivity index (χ2n) is 8.01. The van der Waals surface area contributed by atoms with Crippen molar-refractivity contribution in [2.75, 3.05) is 18.1 Å². The number of ether oxygens (including phenoxy) is 2. The van der Waals surface area contributed by atoms with E-state index in [0.29, 0.717) is 46.8 Å². The minimum Gasteiger partial charge on any atom is -0.456 e. The van der Waals surface area contributed by atoms with Crippen LogP contribution in [-0.4, -0.2) is 13.1 Å². The van der Waals surface area contributed by atoms with Crippen molar-refractivity contribution >= 4 is 23.2 Å². The third-order valence-electron chi connectivity index (χ3n) is 5.35. The zero-order chi connectivity index (χ0) is 25.4. The van der Waals surface area contributed by atoms with Gasteiger partial charge in [-0.1, -0.05) is 12.1 Å². The molecule has 8 nitrogen and oxygen atoms in total. The van der Waals surface area contributed by atoms with Gasteiger partial charge >= 0.3 is 6.09 Å². The molecular formula is C27H27N5O3. The smallest absolute Gasteiger partial charge is 0.407 e. The van der Waals surface area contributed by atoms with Crippen molar-refractivity contribution in [3.63, 3.8) is 0 Å². The molecule has 0 fully saturated rings. The van der Waals surface area contributed by atoms with Gasteiger partial charge < -0.3 is 25.8 Å². The summed E-state index contributed by atoms with van der Waals surface area (Å²) in [4.78, 5) is 11.7. The summed E-state index contributed by atoms with van der Waals surface area (Å²) >= 11 is 0. The summed E-state index contributed by atoms with van der Waals surface area (Å²) in [6.07, 6.45) is 0.551. The highest BCUT2D eigenvalue weighted by Gasteiger charge is 2.16. The highest BCUT2D eigenvalue weighted by atomic mass is 16.5. The second kappa shape index (κ2) is 11.4. The van der Waals surface area contributed by atoms with E-state index in [4.69, 9.17) is 25.7 Å². The van der Waals surface area contributed by atoms with Crippen molar-refractivity contribution in [1.82, 2.24) is 5.32 Å². The Bertz CT molecular complexity index is 1280. The van der Waals surface area contributed by atoms with Gasteiger partial charge in [0, 0.05) is 30.8 Å². The first-order chi connectivity index (χ1) is 16.8. The van der Waals surface area contributed by atoms with Crippen LogP contribution in [0.3, 0.4) is 0 Å². The van der Waals surface area contributed by atoms with Crippen molar-refractivity contribution in [3.05, 3.63) is 76.3 Å². The molecule has 0 saturated heterocycles. The number of amides is 1. The van der Waals surface area contributed by atoms with E-state index in [1.54, 1.807) is 36.4 Å². The molecule has 0 aliphatic carbocycles. The summed E-state index contributed by atoms with van der Waals surface area (Å²) in [6.45, 7) is 3.87. The lowest BCUT2D eigenvalue weighted by atomic mass is 10.0. The summed E-state index contributed by atoms with van der Waals surface area (Å²) in [5.74, 6) is 1.16. The SMILES string of the molecule is CNC(=O)OCc1cc(N)c(Nc2ccc(C#N)cc2)cc1Oc1c(C)cc(CCC#N)cc1C. The molecule has 0 bridgehead atoms. The number of nitrogen functional groups attached to an aromatic ring is 1. The zero-order valence-corrected chi connectivity index (χ0v) is 19.9. The molecule has 0 aromatic heterocycles. The third kappa shape index (κ3) is 6.43. The zero-order valence-electron chi connectivity index (χ0n) is 19.9. The molecule has 3 aromatic rings. The van der Waals surface area contributed by atoms with E-state index in [1.807, 2.05) is 26.0 Å². The predicted octanol–water partition coefficient (Wildman–Crippen LogP) is 5.61. The molecule has 178 valence electrons. The van der Waals surface area contributed by atoms with Crippen LogP contribution in [0.5, 0.6) is 11.5 Å². The maximum absolute atomic E-state index is 11.7. The Balaban J connectivity index is 1.97. The number of rotatable bonds is 8. The van der Waals surface area contributed by atoms with E-state index in [9.17, 15) is 4.79 Å². The van der Waals surface area contributed by atoms with Gasteiger partial charge in [-0.05, 0) is 67.3 Å². The minimum absolute atomic E-state index is 0.0330. The number of hydrogen-bond donors (Lipinski definition) is 3. The Labute approximate surface area is 204 Å². The second-order valence-corrected chi connectivity index (χ2v) is 8.01. The van der Waals surface area contributed by atoms with Crippen molar-refractivity contribution < 1.29 is 14.3 Å². The minimum atomic E-state index is -0.566. The highest BCUT2D eigenvalue weighted by Crippen LogP contribution is 2.37. The number of carbonyl (C=O) groups is 1. The number of nitrogens with two attached hydrogens (primary N) is 1. The van der Waals surface area contributed by atoms with Crippen LogP contribution in [0.2, 0.25) is 0 Å². The Morgan fingerprint density at radius 1 is 1.06 bits per heavy atom. The molecule has 0 heterocycles. The molecule has 0 aliphatic rings. The molecule has 3 aromatic carbocycles. The summed E-state index contributed by atoms with van der Waals surface area (Å²) in [5.41, 5.74) is 12.2. The van der Waals surface area contributed by atoms with Crippen molar-refractivity contribution in [3.8, 4) is 23.6 Å². The van der Waals surface area contributed by atoms with Crippen LogP contribution >= 0.6 is 0 Å². The van der Waals surface area contributed by atoms with Gasteiger partial charge in [0.05, 0.1) is 29.1 Å². The molecule has 1 amide bonds. The monoisotopic (exact) mass is 469 g/mol. The number of hydrogen-bond acceptors (Lipinski definition) is 7. The fraction of sp³-hybridized carbons (Fsp3) is 0.222. The standard InChI is InChI=1S/C27H27N5O3/c1-17-11-20(5-4-10-28)12-18(2)26(17)35-25-14-24(32-22-8-6-19(15-29)7-9-22)23(30)13-21(25)16-34-27(33)31-3/h6-9,11-14,32H,4-5,16,30H2,1-3H3,(H,31,33). The average Bonchev–Trinajstić information content (AvgIpc) is 2.85. The summed E-state index contributed by atoms with van der Waals surface area (Å²) in [6, 6.07) is 18.7. The van der Waals surface area contributed by atoms with Gasteiger partial charge in [0.2, 0.25) is 0 Å². The fourth-order valence-corrected chi connectivity index (χ4v) is 3.61. The lowest BCUT2D eigenvalue weighted by molar-refractivity contribution is 0.141. The lowest BCUT2D eigenvalue weighted by Crippen LogP contribution is -2.19. The quantitative estimate of drug-likeness (QED) is 0.365. The fourth-order valence-electron chi connectivity index (χ4n) is 3.61. The normalized spacial score (nSPS) is 10.1. The maximum atomic E-state index is 11.7. The lowest BCUT2D eigenvalue weighted by Gasteiger charge is -2.19. The molecule has 35 heavy (non-hydrogen) atoms. The molecular weight excluding hydrogens is 442 g/mol. The van der Waals surface area contributed by atoms with Gasteiger partial charge in [0.15, 0.2) is 0 Å². The molecule has 4 N–H and O–H groups in total. The van der Waals surface area contributed by atoms with E-state index >= 15 is 0 Å². The Morgan fingerprint density at radius 2 is 1.74 bits per heavy atom. The first-order valence-corrected chi connectivity index (χ1v) is 11.0. The van der Waals surface area contributed by atoms with E-state index < -0.39 is 6.09 Å². The number of nitrogens with zero attached hydrogens (tertiary/aromatic N) is 2. The van der Waals surface area contributed by atoms with Crippen LogP contribution in [0.15, 0.2) is 48.5 Å². The van der Waals surface area contributed by atoms with Crippen LogP contribution in [0, 0.1) is 36.5 Å². The number of anilines is 3. The molecule has 0 saturated carbocycles. The van der Waals surface area contributed by atoms with E-state index in [1.165, 1.54) is 7.05 Å². The topological polar surface area (TPSA) is 133 Å². The van der Waals surface area contributed by atoms with Crippen LogP contribution < -0.4 is 21.1 Å². The van der Waals surface area contributed by atoms with E-state index in [2.05, 4.69) is 22.8 Å². The predicted molar refractivity (Wildman–Crippen MR) is 134 cm³/mol. The first kappa shape index (κ1) is 24.9. The number of aryl methyl sites for hydroxylation is 3. The molecule has 0 atom stereocenters. The number of nitriles is 2. The first-order valence-electron chi connectivity index (χ1n) is 11.0. The Hall–Kier alpha value is -4.69. The van der Waals surface area contributed by atoms with Crippen LogP contribution in [0.1, 0.15) is 34.2 Å². The highest BCUT2D eigenvalue weighted by molar-refractivity contribution is 5.76. The maximum Gasteiger partial charge on any atom is 0.407 e. The van der Waals surface area contributed by atoms with Gasteiger partial charge in [-0.2, -0.15) is 10.5 Å². The summed E-state index contributed by atoms with van der Waals surface area (Å²) < 4.78 is 11.6. The van der Waals surface area contributed by atoms with Crippen molar-refractivity contribution in [2.24, 2.45) is 0 Å². The summed E-state index contributed by atoms with van der Waals surface area (Å²) in [5, 5.41) is 23.6. The number of alkyl carbamates (subject to hydrolysis) is 1. The van der Waals surface area contributed by atoms with E-state index in [0.717, 1.165) is 22.4 Å². The number of carbonyl (C=O) groups excluding carboxylic acids is 1. The van der Waals surface area contributed by atoms with Gasteiger partial charge in [-0.25, -0.2) is 4.79 Å². The van der Waals surface area contributed by atoms with Gasteiger partial charge in [-0.3, -0.25) is 0 Å². The van der Waals surface area contributed by atoms with Crippen molar-refractivity contribution in [1.29, 1.82) is 10.5 Å². The van der Waals surface area contributed by atoms with Crippen LogP contribution in [0.4, 0.5) is 21.9 Å². The summed E-state index contributed by atoms with van der Waals surface area (Å²) in [7, 11) is 1.49. The molecule has 0 aliphatic heterocycles. The average molecular weight is 470 g/mol. The molecule has 3 rings (SSSR count). The van der Waals surface area contributed by atoms with Crippen LogP contribution in [0.25, 0.3) is 0 Å². The van der Waals surface area contributed by atoms with Gasteiger partial charge in [-0.15, -0.1) is 0 Å². The number of nitrogens with one attached hydrogen (secondary N) is 2. The number of benzene rings is 3. The third-order valence-corrected chi connectivity index (χ3v) is 5.35. The Morgan fingerprint density at radius 3 is 2.34 bits per heavy atom. The van der Waals surface area contributed by atoms with Gasteiger partial charge in [0.1, 0.15) is 18.1 Å². The molecule has 0 spiro atoms. The molecule has 0 unspecified atom stereocenters. The van der Waals surface area contributed by atoms with Crippen LogP contribution in [-0.2, 0) is 17.8 Å². The van der Waals surface area contributed by atoms with Crippen molar-refractivity contribution in [2.45, 2.75) is 33.3 Å².